The Bertz CT molecular complexity index is 811. The monoisotopic (exact) mass is 365 g/mol. The van der Waals surface area contributed by atoms with E-state index in [1.165, 1.54) is 22.3 Å². The molecule has 1 aliphatic carbocycles. The van der Waals surface area contributed by atoms with Crippen LogP contribution in [0.5, 0.6) is 0 Å². The highest BCUT2D eigenvalue weighted by molar-refractivity contribution is 5.79. The molecule has 0 unspecified atom stereocenters. The van der Waals surface area contributed by atoms with E-state index in [0.717, 1.165) is 6.42 Å². The Morgan fingerprint density at radius 2 is 1.59 bits per heavy atom. The highest BCUT2D eigenvalue weighted by atomic mass is 16.6. The SMILES string of the molecule is O=C(O)CCCC1CN(C(=O)OCC2c3ccccc3-c3ccccc32)C1. The molecule has 0 aromatic heterocycles. The van der Waals surface area contributed by atoms with Crippen molar-refractivity contribution in [3.8, 4) is 11.1 Å². The van der Waals surface area contributed by atoms with Gasteiger partial charge >= 0.3 is 12.1 Å². The Balaban J connectivity index is 1.32. The van der Waals surface area contributed by atoms with Crippen molar-refractivity contribution in [1.29, 1.82) is 0 Å². The third kappa shape index (κ3) is 3.54. The molecular formula is C22H23NO4. The Kier molecular flexibility index (Phi) is 4.84. The number of hydrogen-bond donors (Lipinski definition) is 1. The van der Waals surface area contributed by atoms with Crippen LogP contribution in [0.15, 0.2) is 48.5 Å². The zero-order chi connectivity index (χ0) is 18.8. The number of carbonyl (C=O) groups is 2. The van der Waals surface area contributed by atoms with Crippen molar-refractivity contribution in [2.24, 2.45) is 5.92 Å². The van der Waals surface area contributed by atoms with Crippen molar-refractivity contribution < 1.29 is 19.4 Å². The molecule has 5 heteroatoms. The third-order valence-corrected chi connectivity index (χ3v) is 5.55. The number of benzene rings is 2. The summed E-state index contributed by atoms with van der Waals surface area (Å²) in [6, 6.07) is 16.6. The van der Waals surface area contributed by atoms with Gasteiger partial charge in [-0.3, -0.25) is 4.79 Å². The van der Waals surface area contributed by atoms with Gasteiger partial charge in [0.1, 0.15) is 6.61 Å². The second-order valence-corrected chi connectivity index (χ2v) is 7.36. The molecule has 140 valence electrons. The minimum atomic E-state index is -0.761. The molecule has 2 aliphatic rings. The highest BCUT2D eigenvalue weighted by Gasteiger charge is 2.33. The lowest BCUT2D eigenvalue weighted by Gasteiger charge is -2.38. The van der Waals surface area contributed by atoms with Crippen LogP contribution in [0.2, 0.25) is 0 Å². The lowest BCUT2D eigenvalue weighted by molar-refractivity contribution is -0.137. The number of carboxylic acids is 1. The number of carbonyl (C=O) groups excluding carboxylic acids is 1. The summed E-state index contributed by atoms with van der Waals surface area (Å²) in [5.41, 5.74) is 4.86. The summed E-state index contributed by atoms with van der Waals surface area (Å²) in [6.45, 7) is 1.67. The summed E-state index contributed by atoms with van der Waals surface area (Å²) in [5.74, 6) is -0.290. The fourth-order valence-electron chi connectivity index (χ4n) is 4.13. The zero-order valence-corrected chi connectivity index (χ0v) is 15.1. The van der Waals surface area contributed by atoms with Gasteiger partial charge in [-0.25, -0.2) is 4.79 Å². The maximum absolute atomic E-state index is 12.3. The number of likely N-dealkylation sites (tertiary alicyclic amines) is 1. The predicted molar refractivity (Wildman–Crippen MR) is 102 cm³/mol. The van der Waals surface area contributed by atoms with Gasteiger partial charge in [0.2, 0.25) is 0 Å². The van der Waals surface area contributed by atoms with Gasteiger partial charge < -0.3 is 14.7 Å². The van der Waals surface area contributed by atoms with E-state index in [2.05, 4.69) is 24.3 Å². The van der Waals surface area contributed by atoms with Gasteiger partial charge in [0, 0.05) is 25.4 Å². The maximum atomic E-state index is 12.3. The van der Waals surface area contributed by atoms with Gasteiger partial charge in [-0.1, -0.05) is 48.5 Å². The first-order chi connectivity index (χ1) is 13.1. The quantitative estimate of drug-likeness (QED) is 0.836. The third-order valence-electron chi connectivity index (χ3n) is 5.55. The van der Waals surface area contributed by atoms with E-state index in [1.807, 2.05) is 24.3 Å². The average molecular weight is 365 g/mol. The lowest BCUT2D eigenvalue weighted by Crippen LogP contribution is -2.50. The Morgan fingerprint density at radius 1 is 1.00 bits per heavy atom. The number of aliphatic carboxylic acids is 1. The molecule has 1 heterocycles. The molecule has 1 aliphatic heterocycles. The summed E-state index contributed by atoms with van der Waals surface area (Å²) in [6.07, 6.45) is 1.44. The van der Waals surface area contributed by atoms with Crippen LogP contribution in [0, 0.1) is 5.92 Å². The molecule has 4 rings (SSSR count). The van der Waals surface area contributed by atoms with Crippen molar-refractivity contribution in [1.82, 2.24) is 4.90 Å². The van der Waals surface area contributed by atoms with Gasteiger partial charge in [0.15, 0.2) is 0 Å². The number of hydrogen-bond acceptors (Lipinski definition) is 3. The van der Waals surface area contributed by atoms with Crippen LogP contribution in [0.25, 0.3) is 11.1 Å². The van der Waals surface area contributed by atoms with Gasteiger partial charge in [0.25, 0.3) is 0 Å². The molecule has 0 bridgehead atoms. The molecule has 5 nitrogen and oxygen atoms in total. The fourth-order valence-corrected chi connectivity index (χ4v) is 4.13. The Labute approximate surface area is 158 Å². The van der Waals surface area contributed by atoms with E-state index < -0.39 is 5.97 Å². The topological polar surface area (TPSA) is 66.8 Å². The van der Waals surface area contributed by atoms with Crippen LogP contribution >= 0.6 is 0 Å². The number of nitrogens with zero attached hydrogens (tertiary/aromatic N) is 1. The number of ether oxygens (including phenoxy) is 1. The molecular weight excluding hydrogens is 342 g/mol. The lowest BCUT2D eigenvalue weighted by atomic mass is 9.94. The van der Waals surface area contributed by atoms with Gasteiger partial charge in [-0.15, -0.1) is 0 Å². The minimum Gasteiger partial charge on any atom is -0.481 e. The first kappa shape index (κ1) is 17.6. The molecule has 2 aromatic carbocycles. The minimum absolute atomic E-state index is 0.0778. The largest absolute Gasteiger partial charge is 0.481 e. The first-order valence-electron chi connectivity index (χ1n) is 9.45. The molecule has 0 spiro atoms. The summed E-state index contributed by atoms with van der Waals surface area (Å²) in [4.78, 5) is 24.6. The molecule has 27 heavy (non-hydrogen) atoms. The second-order valence-electron chi connectivity index (χ2n) is 7.36. The van der Waals surface area contributed by atoms with E-state index in [9.17, 15) is 9.59 Å². The molecule has 1 saturated heterocycles. The van der Waals surface area contributed by atoms with E-state index in [4.69, 9.17) is 9.84 Å². The van der Waals surface area contributed by atoms with Crippen LogP contribution in [-0.4, -0.2) is 41.8 Å². The van der Waals surface area contributed by atoms with Crippen LogP contribution < -0.4 is 0 Å². The Hall–Kier alpha value is -2.82. The van der Waals surface area contributed by atoms with Crippen LogP contribution in [0.1, 0.15) is 36.3 Å². The molecule has 2 aromatic rings. The second kappa shape index (κ2) is 7.43. The number of amides is 1. The van der Waals surface area contributed by atoms with Crippen LogP contribution in [0.4, 0.5) is 4.79 Å². The fraction of sp³-hybridized carbons (Fsp3) is 0.364. The van der Waals surface area contributed by atoms with Crippen LogP contribution in [-0.2, 0) is 9.53 Å². The summed E-state index contributed by atoms with van der Waals surface area (Å²) >= 11 is 0. The highest BCUT2D eigenvalue weighted by Crippen LogP contribution is 2.44. The molecule has 1 fully saturated rings. The average Bonchev–Trinajstić information content (AvgIpc) is 2.95. The van der Waals surface area contributed by atoms with Crippen molar-refractivity contribution in [2.75, 3.05) is 19.7 Å². The van der Waals surface area contributed by atoms with E-state index in [-0.39, 0.29) is 18.4 Å². The Morgan fingerprint density at radius 3 is 2.19 bits per heavy atom. The van der Waals surface area contributed by atoms with Crippen molar-refractivity contribution in [2.45, 2.75) is 25.2 Å². The van der Waals surface area contributed by atoms with Gasteiger partial charge in [0.05, 0.1) is 0 Å². The molecule has 0 radical (unpaired) electrons. The van der Waals surface area contributed by atoms with Crippen LogP contribution in [0.3, 0.4) is 0 Å². The van der Waals surface area contributed by atoms with Crippen molar-refractivity contribution in [3.63, 3.8) is 0 Å². The molecule has 0 atom stereocenters. The smallest absolute Gasteiger partial charge is 0.409 e. The van der Waals surface area contributed by atoms with Gasteiger partial charge in [-0.2, -0.15) is 0 Å². The van der Waals surface area contributed by atoms with E-state index in [0.29, 0.717) is 32.0 Å². The number of fused-ring (bicyclic) bond motifs is 3. The maximum Gasteiger partial charge on any atom is 0.409 e. The zero-order valence-electron chi connectivity index (χ0n) is 15.1. The predicted octanol–water partition coefficient (Wildman–Crippen LogP) is 4.12. The van der Waals surface area contributed by atoms with E-state index in [1.54, 1.807) is 4.90 Å². The molecule has 0 saturated carbocycles. The van der Waals surface area contributed by atoms with E-state index >= 15 is 0 Å². The number of rotatable bonds is 6. The normalized spacial score (nSPS) is 15.8. The molecule has 1 N–H and O–H groups in total. The standard InChI is InChI=1S/C22H23NO4/c24-21(25)11-5-6-15-12-23(13-15)22(26)27-14-20-18-9-3-1-7-16(18)17-8-2-4-10-19(17)20/h1-4,7-10,15,20H,5-6,11-14H2,(H,24,25). The van der Waals surface area contributed by atoms with Crippen molar-refractivity contribution >= 4 is 12.1 Å². The summed E-state index contributed by atoms with van der Waals surface area (Å²) in [5, 5.41) is 8.69. The first-order valence-corrected chi connectivity index (χ1v) is 9.45. The number of carboxylic acid groups (broad SMARTS) is 1. The van der Waals surface area contributed by atoms with Crippen molar-refractivity contribution in [3.05, 3.63) is 59.7 Å². The van der Waals surface area contributed by atoms with Gasteiger partial charge in [-0.05, 0) is 41.0 Å². The summed E-state index contributed by atoms with van der Waals surface area (Å²) < 4.78 is 5.63. The summed E-state index contributed by atoms with van der Waals surface area (Å²) in [7, 11) is 0. The molecule has 1 amide bonds.